The summed E-state index contributed by atoms with van der Waals surface area (Å²) in [5.74, 6) is -0.628. The minimum absolute atomic E-state index is 0.205. The standard InChI is InChI=1S/C17H16ClNO5/c1-11-13(6-4-8-14(11)24-10-17(21)22)19-16(20)9-23-15-7-3-2-5-12(15)18/h2-8H,9-10H2,1H3,(H,19,20)(H,21,22). The van der Waals surface area contributed by atoms with Crippen LogP contribution in [0, 0.1) is 6.92 Å². The van der Waals surface area contributed by atoms with Crippen LogP contribution in [-0.4, -0.2) is 30.2 Å². The van der Waals surface area contributed by atoms with Crippen LogP contribution in [0.25, 0.3) is 0 Å². The summed E-state index contributed by atoms with van der Waals surface area (Å²) >= 11 is 5.95. The van der Waals surface area contributed by atoms with Crippen molar-refractivity contribution in [2.75, 3.05) is 18.5 Å². The van der Waals surface area contributed by atoms with Gasteiger partial charge in [0.1, 0.15) is 11.5 Å². The average molecular weight is 350 g/mol. The Bertz CT molecular complexity index is 748. The summed E-state index contributed by atoms with van der Waals surface area (Å²) in [6, 6.07) is 11.8. The Hall–Kier alpha value is -2.73. The Labute approximate surface area is 144 Å². The molecule has 126 valence electrons. The number of hydrogen-bond donors (Lipinski definition) is 2. The minimum atomic E-state index is -1.07. The van der Waals surface area contributed by atoms with Gasteiger partial charge in [0.05, 0.1) is 5.02 Å². The zero-order valence-electron chi connectivity index (χ0n) is 12.9. The number of nitrogens with one attached hydrogen (secondary N) is 1. The minimum Gasteiger partial charge on any atom is -0.482 e. The molecule has 0 unspecified atom stereocenters. The number of carboxylic acids is 1. The zero-order chi connectivity index (χ0) is 17.5. The van der Waals surface area contributed by atoms with E-state index < -0.39 is 12.6 Å². The highest BCUT2D eigenvalue weighted by atomic mass is 35.5. The van der Waals surface area contributed by atoms with Crippen LogP contribution in [0.4, 0.5) is 5.69 Å². The summed E-state index contributed by atoms with van der Waals surface area (Å²) in [7, 11) is 0. The summed E-state index contributed by atoms with van der Waals surface area (Å²) in [5.41, 5.74) is 1.15. The molecule has 2 rings (SSSR count). The fourth-order valence-electron chi connectivity index (χ4n) is 1.94. The van der Waals surface area contributed by atoms with Gasteiger partial charge in [-0.05, 0) is 31.2 Å². The van der Waals surface area contributed by atoms with Crippen molar-refractivity contribution in [2.24, 2.45) is 0 Å². The lowest BCUT2D eigenvalue weighted by Gasteiger charge is -2.13. The largest absolute Gasteiger partial charge is 0.482 e. The molecule has 0 aromatic heterocycles. The maximum Gasteiger partial charge on any atom is 0.341 e. The van der Waals surface area contributed by atoms with Crippen LogP contribution >= 0.6 is 11.6 Å². The third-order valence-electron chi connectivity index (χ3n) is 3.10. The summed E-state index contributed by atoms with van der Waals surface area (Å²) in [6.07, 6.45) is 0. The number of halogens is 1. The van der Waals surface area contributed by atoms with Crippen molar-refractivity contribution in [3.05, 3.63) is 53.1 Å². The monoisotopic (exact) mass is 349 g/mol. The molecule has 2 aromatic carbocycles. The van der Waals surface area contributed by atoms with E-state index in [0.29, 0.717) is 27.8 Å². The van der Waals surface area contributed by atoms with Gasteiger partial charge in [-0.25, -0.2) is 4.79 Å². The second-order valence-electron chi connectivity index (χ2n) is 4.88. The van der Waals surface area contributed by atoms with E-state index in [-0.39, 0.29) is 12.5 Å². The fourth-order valence-corrected chi connectivity index (χ4v) is 2.13. The molecular formula is C17H16ClNO5. The molecule has 0 atom stereocenters. The number of carbonyl (C=O) groups is 2. The lowest BCUT2D eigenvalue weighted by Crippen LogP contribution is -2.21. The first-order valence-electron chi connectivity index (χ1n) is 7.08. The molecule has 2 N–H and O–H groups in total. The van der Waals surface area contributed by atoms with E-state index in [4.69, 9.17) is 26.2 Å². The van der Waals surface area contributed by atoms with Crippen LogP contribution in [0.3, 0.4) is 0 Å². The van der Waals surface area contributed by atoms with Crippen molar-refractivity contribution in [3.8, 4) is 11.5 Å². The Morgan fingerprint density at radius 1 is 1.04 bits per heavy atom. The number of amides is 1. The molecule has 0 spiro atoms. The molecule has 2 aromatic rings. The zero-order valence-corrected chi connectivity index (χ0v) is 13.7. The summed E-state index contributed by atoms with van der Waals surface area (Å²) in [5, 5.41) is 11.8. The summed E-state index contributed by atoms with van der Waals surface area (Å²) < 4.78 is 10.5. The number of rotatable bonds is 7. The van der Waals surface area contributed by atoms with Gasteiger partial charge < -0.3 is 19.9 Å². The first-order valence-corrected chi connectivity index (χ1v) is 7.46. The van der Waals surface area contributed by atoms with Gasteiger partial charge in [0.2, 0.25) is 0 Å². The van der Waals surface area contributed by atoms with Gasteiger partial charge >= 0.3 is 5.97 Å². The second kappa shape index (κ2) is 8.21. The maximum atomic E-state index is 12.0. The maximum absolute atomic E-state index is 12.0. The van der Waals surface area contributed by atoms with Gasteiger partial charge in [0, 0.05) is 11.3 Å². The van der Waals surface area contributed by atoms with E-state index in [0.717, 1.165) is 0 Å². The van der Waals surface area contributed by atoms with Crippen molar-refractivity contribution >= 4 is 29.2 Å². The summed E-state index contributed by atoms with van der Waals surface area (Å²) in [6.45, 7) is 1.07. The molecule has 0 bridgehead atoms. The predicted molar refractivity (Wildman–Crippen MR) is 89.9 cm³/mol. The number of carboxylic acid groups (broad SMARTS) is 1. The molecule has 0 radical (unpaired) electrons. The number of anilines is 1. The van der Waals surface area contributed by atoms with E-state index in [9.17, 15) is 9.59 Å². The van der Waals surface area contributed by atoms with Crippen molar-refractivity contribution in [1.29, 1.82) is 0 Å². The van der Waals surface area contributed by atoms with Crippen LogP contribution in [0.15, 0.2) is 42.5 Å². The Kier molecular flexibility index (Phi) is 6.03. The van der Waals surface area contributed by atoms with Gasteiger partial charge in [-0.3, -0.25) is 4.79 Å². The van der Waals surface area contributed by atoms with Crippen molar-refractivity contribution < 1.29 is 24.2 Å². The summed E-state index contributed by atoms with van der Waals surface area (Å²) in [4.78, 5) is 22.6. The highest BCUT2D eigenvalue weighted by Crippen LogP contribution is 2.26. The van der Waals surface area contributed by atoms with Crippen molar-refractivity contribution in [1.82, 2.24) is 0 Å². The molecule has 0 saturated heterocycles. The molecule has 1 amide bonds. The highest BCUT2D eigenvalue weighted by Gasteiger charge is 2.11. The first-order chi connectivity index (χ1) is 11.5. The number of carbonyl (C=O) groups excluding carboxylic acids is 1. The molecule has 0 aliphatic carbocycles. The predicted octanol–water partition coefficient (Wildman–Crippen LogP) is 3.13. The fraction of sp³-hybridized carbons (Fsp3) is 0.176. The lowest BCUT2D eigenvalue weighted by molar-refractivity contribution is -0.139. The molecule has 6 nitrogen and oxygen atoms in total. The van der Waals surface area contributed by atoms with Gasteiger partial charge in [0.25, 0.3) is 5.91 Å². The van der Waals surface area contributed by atoms with E-state index >= 15 is 0 Å². The molecule has 0 heterocycles. The molecule has 0 fully saturated rings. The lowest BCUT2D eigenvalue weighted by atomic mass is 10.2. The van der Waals surface area contributed by atoms with Crippen LogP contribution < -0.4 is 14.8 Å². The van der Waals surface area contributed by atoms with Crippen LogP contribution in [0.1, 0.15) is 5.56 Å². The van der Waals surface area contributed by atoms with Crippen LogP contribution in [0.5, 0.6) is 11.5 Å². The molecule has 0 saturated carbocycles. The molecule has 7 heteroatoms. The molecule has 0 aliphatic heterocycles. The number of benzene rings is 2. The Morgan fingerprint density at radius 2 is 1.71 bits per heavy atom. The van der Waals surface area contributed by atoms with Crippen LogP contribution in [0.2, 0.25) is 5.02 Å². The topological polar surface area (TPSA) is 84.9 Å². The third kappa shape index (κ3) is 4.89. The number of ether oxygens (including phenoxy) is 2. The number of aliphatic carboxylic acids is 1. The second-order valence-corrected chi connectivity index (χ2v) is 5.29. The molecular weight excluding hydrogens is 334 g/mol. The molecule has 24 heavy (non-hydrogen) atoms. The van der Waals surface area contributed by atoms with E-state index in [1.54, 1.807) is 49.4 Å². The Balaban J connectivity index is 1.97. The number of hydrogen-bond acceptors (Lipinski definition) is 4. The van der Waals surface area contributed by atoms with E-state index in [2.05, 4.69) is 5.32 Å². The van der Waals surface area contributed by atoms with Crippen molar-refractivity contribution in [3.63, 3.8) is 0 Å². The SMILES string of the molecule is Cc1c(NC(=O)COc2ccccc2Cl)cccc1OCC(=O)O. The average Bonchev–Trinajstić information content (AvgIpc) is 2.55. The van der Waals surface area contributed by atoms with Gasteiger partial charge in [-0.1, -0.05) is 29.8 Å². The van der Waals surface area contributed by atoms with E-state index in [1.807, 2.05) is 0 Å². The number of para-hydroxylation sites is 1. The smallest absolute Gasteiger partial charge is 0.341 e. The first kappa shape index (κ1) is 17.6. The van der Waals surface area contributed by atoms with Gasteiger partial charge in [-0.15, -0.1) is 0 Å². The molecule has 0 aliphatic rings. The quantitative estimate of drug-likeness (QED) is 0.802. The third-order valence-corrected chi connectivity index (χ3v) is 3.42. The van der Waals surface area contributed by atoms with E-state index in [1.165, 1.54) is 0 Å². The Morgan fingerprint density at radius 3 is 2.42 bits per heavy atom. The normalized spacial score (nSPS) is 10.1. The highest BCUT2D eigenvalue weighted by molar-refractivity contribution is 6.32. The van der Waals surface area contributed by atoms with Gasteiger partial charge in [-0.2, -0.15) is 0 Å². The van der Waals surface area contributed by atoms with Crippen LogP contribution in [-0.2, 0) is 9.59 Å². The van der Waals surface area contributed by atoms with Gasteiger partial charge in [0.15, 0.2) is 13.2 Å². The van der Waals surface area contributed by atoms with Crippen molar-refractivity contribution in [2.45, 2.75) is 6.92 Å².